The second-order valence-electron chi connectivity index (χ2n) is 12.2. The van der Waals surface area contributed by atoms with E-state index in [4.69, 9.17) is 13.9 Å². The van der Waals surface area contributed by atoms with Gasteiger partial charge in [-0.1, -0.05) is 96.1 Å². The summed E-state index contributed by atoms with van der Waals surface area (Å²) in [6.07, 6.45) is 0.0729. The predicted molar refractivity (Wildman–Crippen MR) is 167 cm³/mol. The van der Waals surface area contributed by atoms with E-state index in [0.29, 0.717) is 23.0 Å². The molecule has 1 aliphatic heterocycles. The molecule has 5 nitrogen and oxygen atoms in total. The predicted octanol–water partition coefficient (Wildman–Crippen LogP) is 8.41. The zero-order valence-corrected chi connectivity index (χ0v) is 26.5. The molecule has 0 spiro atoms. The van der Waals surface area contributed by atoms with E-state index in [1.807, 2.05) is 54.6 Å². The van der Waals surface area contributed by atoms with Gasteiger partial charge < -0.3 is 19.0 Å². The van der Waals surface area contributed by atoms with Crippen molar-refractivity contribution in [2.24, 2.45) is 5.92 Å². The van der Waals surface area contributed by atoms with Crippen molar-refractivity contribution in [2.45, 2.75) is 82.5 Å². The number of esters is 1. The number of methoxy groups -OCH3 is 1. The maximum absolute atomic E-state index is 13.6. The van der Waals surface area contributed by atoms with Crippen molar-refractivity contribution in [3.8, 4) is 11.5 Å². The Kier molecular flexibility index (Phi) is 9.98. The number of hydrogen-bond donors (Lipinski definition) is 1. The third kappa shape index (κ3) is 6.24. The van der Waals surface area contributed by atoms with Crippen LogP contribution in [0.3, 0.4) is 0 Å². The Morgan fingerprint density at radius 3 is 1.83 bits per heavy atom. The van der Waals surface area contributed by atoms with Gasteiger partial charge in [-0.05, 0) is 69.9 Å². The van der Waals surface area contributed by atoms with Gasteiger partial charge in [-0.2, -0.15) is 0 Å². The van der Waals surface area contributed by atoms with Crippen LogP contribution in [-0.2, 0) is 9.53 Å². The zero-order valence-electron chi connectivity index (χ0n) is 25.5. The number of carbonyl (C=O) groups excluding carboxylic acids is 1. The normalized spacial score (nSPS) is 20.0. The second kappa shape index (κ2) is 13.3. The van der Waals surface area contributed by atoms with Crippen LogP contribution in [0.15, 0.2) is 78.9 Å². The number of cyclic esters (lactones) is 1. The van der Waals surface area contributed by atoms with E-state index in [2.05, 4.69) is 65.8 Å². The van der Waals surface area contributed by atoms with Crippen molar-refractivity contribution in [2.75, 3.05) is 13.7 Å². The fraction of sp³-hybridized carbons (Fsp3) is 0.457. The highest BCUT2D eigenvalue weighted by molar-refractivity contribution is 6.78. The SMILES string of the molecule is COc1ccc([C@H]2C(=O)O[C@@H](c3ccc(O[Si](C(C)C)(C(C)C)C(C)C)cc3)[C@@H]2[C@@H](CCO)c2ccccc2)cc1. The summed E-state index contributed by atoms with van der Waals surface area (Å²) in [4.78, 5) is 13.6. The summed E-state index contributed by atoms with van der Waals surface area (Å²) in [5.41, 5.74) is 4.34. The monoisotopic (exact) mass is 574 g/mol. The molecule has 0 unspecified atom stereocenters. The molecule has 0 aliphatic carbocycles. The first kappa shape index (κ1) is 30.9. The van der Waals surface area contributed by atoms with Crippen LogP contribution in [-0.4, -0.2) is 33.1 Å². The summed E-state index contributed by atoms with van der Waals surface area (Å²) >= 11 is 0. The zero-order chi connectivity index (χ0) is 29.7. The number of rotatable bonds is 12. The summed E-state index contributed by atoms with van der Waals surface area (Å²) in [6.45, 7) is 13.7. The summed E-state index contributed by atoms with van der Waals surface area (Å²) in [5.74, 6) is 0.620. The highest BCUT2D eigenvalue weighted by Crippen LogP contribution is 2.53. The number of carbonyl (C=O) groups is 1. The molecule has 4 rings (SSSR count). The molecule has 1 aliphatic rings. The second-order valence-corrected chi connectivity index (χ2v) is 17.6. The molecule has 220 valence electrons. The van der Waals surface area contributed by atoms with Crippen LogP contribution >= 0.6 is 0 Å². The Labute approximate surface area is 247 Å². The molecule has 1 saturated heterocycles. The van der Waals surface area contributed by atoms with Gasteiger partial charge in [0.05, 0.1) is 13.0 Å². The van der Waals surface area contributed by atoms with E-state index in [-0.39, 0.29) is 24.4 Å². The lowest BCUT2D eigenvalue weighted by Gasteiger charge is -2.42. The quantitative estimate of drug-likeness (QED) is 0.174. The molecule has 1 N–H and O–H groups in total. The Hall–Kier alpha value is -3.09. The average Bonchev–Trinajstić information content (AvgIpc) is 3.31. The van der Waals surface area contributed by atoms with Crippen molar-refractivity contribution in [1.82, 2.24) is 0 Å². The summed E-state index contributed by atoms with van der Waals surface area (Å²) in [7, 11) is -0.468. The van der Waals surface area contributed by atoms with Gasteiger partial charge in [0, 0.05) is 12.5 Å². The van der Waals surface area contributed by atoms with Crippen molar-refractivity contribution < 1.29 is 23.8 Å². The van der Waals surface area contributed by atoms with Crippen LogP contribution in [0.4, 0.5) is 0 Å². The molecule has 1 fully saturated rings. The molecule has 6 heteroatoms. The van der Waals surface area contributed by atoms with Crippen LogP contribution in [0, 0.1) is 5.92 Å². The van der Waals surface area contributed by atoms with Crippen LogP contribution < -0.4 is 9.16 Å². The average molecular weight is 575 g/mol. The first-order chi connectivity index (χ1) is 19.6. The molecule has 1 heterocycles. The number of ether oxygens (including phenoxy) is 2. The fourth-order valence-electron chi connectivity index (χ4n) is 7.22. The minimum Gasteiger partial charge on any atom is -0.543 e. The van der Waals surface area contributed by atoms with Crippen molar-refractivity contribution in [3.05, 3.63) is 95.6 Å². The Morgan fingerprint density at radius 1 is 0.780 bits per heavy atom. The van der Waals surface area contributed by atoms with Crippen LogP contribution in [0.2, 0.25) is 16.6 Å². The highest BCUT2D eigenvalue weighted by Gasteiger charge is 2.50. The van der Waals surface area contributed by atoms with Gasteiger partial charge in [0.2, 0.25) is 0 Å². The van der Waals surface area contributed by atoms with E-state index in [1.165, 1.54) is 0 Å². The Bertz CT molecular complexity index is 1230. The Morgan fingerprint density at radius 2 is 1.32 bits per heavy atom. The molecular weight excluding hydrogens is 528 g/mol. The number of benzene rings is 3. The third-order valence-electron chi connectivity index (χ3n) is 9.05. The first-order valence-electron chi connectivity index (χ1n) is 14.9. The number of hydrogen-bond acceptors (Lipinski definition) is 5. The van der Waals surface area contributed by atoms with Gasteiger partial charge >= 0.3 is 5.97 Å². The van der Waals surface area contributed by atoms with Gasteiger partial charge in [0.1, 0.15) is 17.6 Å². The van der Waals surface area contributed by atoms with Gasteiger partial charge in [0.15, 0.2) is 0 Å². The lowest BCUT2D eigenvalue weighted by molar-refractivity contribution is -0.142. The summed E-state index contributed by atoms with van der Waals surface area (Å²) < 4.78 is 18.5. The minimum absolute atomic E-state index is 0.0192. The van der Waals surface area contributed by atoms with Crippen molar-refractivity contribution >= 4 is 14.3 Å². The molecule has 0 radical (unpaired) electrons. The van der Waals surface area contributed by atoms with Crippen molar-refractivity contribution in [1.29, 1.82) is 0 Å². The van der Waals surface area contributed by atoms with Gasteiger partial charge in [0.25, 0.3) is 8.32 Å². The number of aliphatic hydroxyl groups excluding tert-OH is 1. The van der Waals surface area contributed by atoms with Crippen LogP contribution in [0.1, 0.15) is 82.6 Å². The highest BCUT2D eigenvalue weighted by atomic mass is 28.4. The standard InChI is InChI=1S/C35H46O5Si/c1-23(2)41(24(3)4,25(5)6)40-30-19-15-28(16-20-30)34-33(31(21-22-36)26-11-9-8-10-12-26)32(35(37)39-34)27-13-17-29(38-7)18-14-27/h8-20,23-25,31-34,36H,21-22H2,1-7H3/t31-,32+,33+,34-/m0/s1. The van der Waals surface area contributed by atoms with Crippen molar-refractivity contribution in [3.63, 3.8) is 0 Å². The molecule has 3 aromatic rings. The van der Waals surface area contributed by atoms with Gasteiger partial charge in [-0.3, -0.25) is 4.79 Å². The molecule has 3 aromatic carbocycles. The van der Waals surface area contributed by atoms with E-state index >= 15 is 0 Å². The molecular formula is C35H46O5Si. The molecule has 0 amide bonds. The molecule has 0 aromatic heterocycles. The van der Waals surface area contributed by atoms with Gasteiger partial charge in [-0.25, -0.2) is 0 Å². The van der Waals surface area contributed by atoms with E-state index in [1.54, 1.807) is 7.11 Å². The van der Waals surface area contributed by atoms with E-state index in [9.17, 15) is 9.90 Å². The summed E-state index contributed by atoms with van der Waals surface area (Å²) in [6, 6.07) is 26.0. The van der Waals surface area contributed by atoms with Crippen LogP contribution in [0.25, 0.3) is 0 Å². The fourth-order valence-corrected chi connectivity index (χ4v) is 12.5. The molecule has 0 bridgehead atoms. The summed E-state index contributed by atoms with van der Waals surface area (Å²) in [5, 5.41) is 10.1. The molecule has 41 heavy (non-hydrogen) atoms. The Balaban J connectivity index is 1.74. The maximum Gasteiger partial charge on any atom is 0.314 e. The lowest BCUT2D eigenvalue weighted by atomic mass is 9.71. The largest absolute Gasteiger partial charge is 0.543 e. The minimum atomic E-state index is -2.10. The molecule has 0 saturated carbocycles. The number of aliphatic hydroxyl groups is 1. The third-order valence-corrected chi connectivity index (χ3v) is 15.1. The van der Waals surface area contributed by atoms with Crippen LogP contribution in [0.5, 0.6) is 11.5 Å². The first-order valence-corrected chi connectivity index (χ1v) is 17.1. The topological polar surface area (TPSA) is 65.0 Å². The smallest absolute Gasteiger partial charge is 0.314 e. The van der Waals surface area contributed by atoms with Gasteiger partial charge in [-0.15, -0.1) is 0 Å². The van der Waals surface area contributed by atoms with E-state index < -0.39 is 20.3 Å². The maximum atomic E-state index is 13.6. The molecule has 4 atom stereocenters. The van der Waals surface area contributed by atoms with E-state index in [0.717, 1.165) is 28.2 Å². The lowest BCUT2D eigenvalue weighted by Crippen LogP contribution is -2.50.